The van der Waals surface area contributed by atoms with Crippen LogP contribution in [0.3, 0.4) is 0 Å². The Morgan fingerprint density at radius 1 is 1.00 bits per heavy atom. The molecule has 0 spiro atoms. The number of carbonyl (C=O) groups is 1. The molecule has 1 aliphatic rings. The summed E-state index contributed by atoms with van der Waals surface area (Å²) in [4.78, 5) is 24.5. The fraction of sp³-hybridized carbons (Fsp3) is 0. The zero-order valence-electron chi connectivity index (χ0n) is 13.0. The van der Waals surface area contributed by atoms with E-state index in [-0.39, 0.29) is 11.5 Å². The Hall–Kier alpha value is -3.12. The topological polar surface area (TPSA) is 65.1 Å². The lowest BCUT2D eigenvalue weighted by atomic mass is 10.1. The van der Waals surface area contributed by atoms with Crippen molar-refractivity contribution in [2.24, 2.45) is 0 Å². The van der Waals surface area contributed by atoms with Gasteiger partial charge in [-0.1, -0.05) is 23.9 Å². The number of allylic oxidation sites excluding steroid dienone is 1. The van der Waals surface area contributed by atoms with Crippen LogP contribution in [0.5, 0.6) is 0 Å². The molecule has 0 amide bonds. The van der Waals surface area contributed by atoms with Gasteiger partial charge in [0.15, 0.2) is 0 Å². The zero-order chi connectivity index (χ0) is 17.4. The second-order valence-electron chi connectivity index (χ2n) is 5.51. The van der Waals surface area contributed by atoms with Crippen LogP contribution >= 0.6 is 11.8 Å². The maximum absolute atomic E-state index is 12.5. The number of ketones is 1. The van der Waals surface area contributed by atoms with E-state index in [9.17, 15) is 14.9 Å². The van der Waals surface area contributed by atoms with Gasteiger partial charge in [0.2, 0.25) is 5.78 Å². The summed E-state index contributed by atoms with van der Waals surface area (Å²) in [5.74, 6) is 0.0250. The minimum Gasteiger partial charge on any atom is -0.317 e. The number of nitro groups is 1. The number of carbonyl (C=O) groups excluding carboxylic acids is 1. The third-order valence-electron chi connectivity index (χ3n) is 3.97. The fourth-order valence-electron chi connectivity index (χ4n) is 2.75. The van der Waals surface area contributed by atoms with Crippen LogP contribution in [0.25, 0.3) is 11.8 Å². The van der Waals surface area contributed by atoms with Gasteiger partial charge in [0.05, 0.1) is 9.83 Å². The first-order valence-electron chi connectivity index (χ1n) is 7.59. The molecule has 1 aliphatic heterocycles. The molecule has 2 aromatic carbocycles. The van der Waals surface area contributed by atoms with E-state index in [0.717, 1.165) is 21.8 Å². The average Bonchev–Trinajstić information content (AvgIpc) is 3.21. The fourth-order valence-corrected chi connectivity index (χ4v) is 3.79. The van der Waals surface area contributed by atoms with Crippen molar-refractivity contribution >= 4 is 29.3 Å². The molecular weight excluding hydrogens is 336 g/mol. The Labute approximate surface area is 147 Å². The summed E-state index contributed by atoms with van der Waals surface area (Å²) < 4.78 is 1.90. The number of thioether (sulfide) groups is 1. The van der Waals surface area contributed by atoms with E-state index in [4.69, 9.17) is 0 Å². The molecule has 0 radical (unpaired) electrons. The van der Waals surface area contributed by atoms with Crippen molar-refractivity contribution < 1.29 is 9.72 Å². The maximum Gasteiger partial charge on any atom is 0.269 e. The quantitative estimate of drug-likeness (QED) is 0.390. The lowest BCUT2D eigenvalue weighted by Crippen LogP contribution is -1.98. The molecule has 0 saturated carbocycles. The van der Waals surface area contributed by atoms with Crippen molar-refractivity contribution in [3.8, 4) is 5.69 Å². The largest absolute Gasteiger partial charge is 0.317 e. The predicted octanol–water partition coefficient (Wildman–Crippen LogP) is 4.72. The van der Waals surface area contributed by atoms with Crippen molar-refractivity contribution in [1.82, 2.24) is 4.57 Å². The van der Waals surface area contributed by atoms with Crippen LogP contribution in [0.4, 0.5) is 5.69 Å². The summed E-state index contributed by atoms with van der Waals surface area (Å²) in [6.07, 6.45) is 3.72. The first-order chi connectivity index (χ1) is 12.1. The third-order valence-corrected chi connectivity index (χ3v) is 5.07. The monoisotopic (exact) mass is 348 g/mol. The van der Waals surface area contributed by atoms with E-state index in [2.05, 4.69) is 0 Å². The molecule has 0 saturated heterocycles. The normalized spacial score (nSPS) is 14.7. The number of nitro benzene ring substituents is 1. The minimum atomic E-state index is -0.423. The molecule has 4 rings (SSSR count). The number of fused-ring (bicyclic) bond motifs is 1. The molecule has 6 heteroatoms. The summed E-state index contributed by atoms with van der Waals surface area (Å²) >= 11 is 1.46. The highest BCUT2D eigenvalue weighted by Crippen LogP contribution is 2.40. The van der Waals surface area contributed by atoms with Crippen LogP contribution < -0.4 is 0 Å². The summed E-state index contributed by atoms with van der Waals surface area (Å²) in [6, 6.07) is 17.7. The highest BCUT2D eigenvalue weighted by molar-refractivity contribution is 8.04. The maximum atomic E-state index is 12.5. The van der Waals surface area contributed by atoms with Crippen LogP contribution in [0, 0.1) is 10.1 Å². The number of non-ortho nitro benzene ring substituents is 1. The minimum absolute atomic E-state index is 0.0250. The van der Waals surface area contributed by atoms with Gasteiger partial charge in [0.25, 0.3) is 5.69 Å². The Kier molecular flexibility index (Phi) is 3.74. The number of hydrogen-bond donors (Lipinski definition) is 0. The molecule has 1 aromatic heterocycles. The SMILES string of the molecule is O=C1C(=Cc2cccn2-c2ccc([N+](=O)[O-])cc2)Sc2ccccc21. The van der Waals surface area contributed by atoms with Gasteiger partial charge in [-0.3, -0.25) is 14.9 Å². The number of Topliss-reactive ketones (excluding diaryl/α,β-unsaturated/α-hetero) is 1. The van der Waals surface area contributed by atoms with Crippen LogP contribution in [-0.2, 0) is 0 Å². The van der Waals surface area contributed by atoms with Gasteiger partial charge >= 0.3 is 0 Å². The number of nitrogens with zero attached hydrogens (tertiary/aromatic N) is 2. The summed E-state index contributed by atoms with van der Waals surface area (Å²) in [7, 11) is 0. The number of rotatable bonds is 3. The molecule has 2 heterocycles. The van der Waals surface area contributed by atoms with Crippen LogP contribution in [-0.4, -0.2) is 15.3 Å². The molecule has 0 atom stereocenters. The first-order valence-corrected chi connectivity index (χ1v) is 8.40. The smallest absolute Gasteiger partial charge is 0.269 e. The molecule has 0 bridgehead atoms. The molecule has 3 aromatic rings. The lowest BCUT2D eigenvalue weighted by molar-refractivity contribution is -0.384. The van der Waals surface area contributed by atoms with Gasteiger partial charge in [-0.2, -0.15) is 0 Å². The summed E-state index contributed by atoms with van der Waals surface area (Å²) in [5, 5.41) is 10.8. The predicted molar refractivity (Wildman–Crippen MR) is 97.0 cm³/mol. The molecular formula is C19H12N2O3S. The number of aromatic nitrogens is 1. The Bertz CT molecular complexity index is 1020. The molecule has 0 aliphatic carbocycles. The van der Waals surface area contributed by atoms with Gasteiger partial charge in [0.1, 0.15) is 0 Å². The van der Waals surface area contributed by atoms with E-state index in [1.165, 1.54) is 23.9 Å². The van der Waals surface area contributed by atoms with E-state index in [1.807, 2.05) is 53.2 Å². The van der Waals surface area contributed by atoms with Gasteiger partial charge in [-0.05, 0) is 42.5 Å². The Morgan fingerprint density at radius 3 is 2.48 bits per heavy atom. The van der Waals surface area contributed by atoms with E-state index < -0.39 is 4.92 Å². The first kappa shape index (κ1) is 15.4. The van der Waals surface area contributed by atoms with Crippen molar-refractivity contribution in [3.63, 3.8) is 0 Å². The van der Waals surface area contributed by atoms with Crippen LogP contribution in [0.1, 0.15) is 16.1 Å². The third kappa shape index (κ3) is 2.77. The second-order valence-corrected chi connectivity index (χ2v) is 6.60. The molecule has 0 N–H and O–H groups in total. The standard InChI is InChI=1S/C19H12N2O3S/c22-19-16-5-1-2-6-17(16)25-18(19)12-15-4-3-11-20(15)13-7-9-14(10-8-13)21(23)24/h1-12H. The molecule has 0 unspecified atom stereocenters. The number of benzene rings is 2. The Balaban J connectivity index is 1.69. The van der Waals surface area contributed by atoms with Gasteiger partial charge in [-0.15, -0.1) is 0 Å². The van der Waals surface area contributed by atoms with Crippen molar-refractivity contribution in [1.29, 1.82) is 0 Å². The van der Waals surface area contributed by atoms with Crippen molar-refractivity contribution in [2.75, 3.05) is 0 Å². The van der Waals surface area contributed by atoms with Gasteiger partial charge < -0.3 is 4.57 Å². The average molecular weight is 348 g/mol. The van der Waals surface area contributed by atoms with Crippen LogP contribution in [0.2, 0.25) is 0 Å². The lowest BCUT2D eigenvalue weighted by Gasteiger charge is -2.06. The molecule has 5 nitrogen and oxygen atoms in total. The summed E-state index contributed by atoms with van der Waals surface area (Å²) in [6.45, 7) is 0. The van der Waals surface area contributed by atoms with Crippen molar-refractivity contribution in [3.05, 3.63) is 93.1 Å². The molecule has 25 heavy (non-hydrogen) atoms. The number of hydrogen-bond acceptors (Lipinski definition) is 4. The second kappa shape index (κ2) is 6.07. The van der Waals surface area contributed by atoms with Crippen molar-refractivity contribution in [2.45, 2.75) is 4.90 Å². The highest BCUT2D eigenvalue weighted by Gasteiger charge is 2.25. The highest BCUT2D eigenvalue weighted by atomic mass is 32.2. The summed E-state index contributed by atoms with van der Waals surface area (Å²) in [5.41, 5.74) is 2.42. The Morgan fingerprint density at radius 2 is 1.76 bits per heavy atom. The van der Waals surface area contributed by atoms with Crippen LogP contribution in [0.15, 0.2) is 76.7 Å². The van der Waals surface area contributed by atoms with Gasteiger partial charge in [0, 0.05) is 40.2 Å². The zero-order valence-corrected chi connectivity index (χ0v) is 13.8. The van der Waals surface area contributed by atoms with E-state index in [0.29, 0.717) is 4.91 Å². The van der Waals surface area contributed by atoms with E-state index in [1.54, 1.807) is 12.1 Å². The van der Waals surface area contributed by atoms with Gasteiger partial charge in [-0.25, -0.2) is 0 Å². The van der Waals surface area contributed by atoms with E-state index >= 15 is 0 Å². The molecule has 122 valence electrons. The molecule has 0 fully saturated rings.